The molecule has 170 valence electrons. The second-order valence-corrected chi connectivity index (χ2v) is 11.2. The van der Waals surface area contributed by atoms with Crippen LogP contribution in [0.1, 0.15) is 12.5 Å². The van der Waals surface area contributed by atoms with Crippen molar-refractivity contribution in [3.8, 4) is 0 Å². The summed E-state index contributed by atoms with van der Waals surface area (Å²) in [7, 11) is -3.68. The van der Waals surface area contributed by atoms with Crippen molar-refractivity contribution in [1.82, 2.24) is 0 Å². The molecule has 1 atom stereocenters. The normalized spacial score (nSPS) is 12.9. The first-order valence-electron chi connectivity index (χ1n) is 8.96. The summed E-state index contributed by atoms with van der Waals surface area (Å²) in [5.74, 6) is -0.620. The zero-order valence-electron chi connectivity index (χ0n) is 16.3. The third-order valence-corrected chi connectivity index (χ3v) is 8.22. The molecule has 0 saturated carbocycles. The summed E-state index contributed by atoms with van der Waals surface area (Å²) in [6.07, 6.45) is -4.67. The van der Waals surface area contributed by atoms with Gasteiger partial charge in [-0.2, -0.15) is 13.2 Å². The summed E-state index contributed by atoms with van der Waals surface area (Å²) < 4.78 is 66.8. The number of rotatable bonds is 7. The van der Waals surface area contributed by atoms with Gasteiger partial charge in [-0.25, -0.2) is 8.42 Å². The van der Waals surface area contributed by atoms with Gasteiger partial charge in [0.2, 0.25) is 5.91 Å². The quantitative estimate of drug-likeness (QED) is 0.356. The van der Waals surface area contributed by atoms with Crippen LogP contribution in [0.25, 0.3) is 0 Å². The fraction of sp³-hybridized carbons (Fsp3) is 0.150. The molecule has 0 aliphatic heterocycles. The first-order chi connectivity index (χ1) is 15.0. The van der Waals surface area contributed by atoms with Gasteiger partial charge in [-0.3, -0.25) is 9.52 Å². The Balaban J connectivity index is 1.65. The van der Waals surface area contributed by atoms with Crippen molar-refractivity contribution in [3.63, 3.8) is 0 Å². The molecule has 1 aromatic heterocycles. The van der Waals surface area contributed by atoms with Gasteiger partial charge in [0.25, 0.3) is 10.0 Å². The minimum absolute atomic E-state index is 0.0902. The second-order valence-electron chi connectivity index (χ2n) is 6.50. The van der Waals surface area contributed by atoms with Gasteiger partial charge in [-0.05, 0) is 60.8 Å². The van der Waals surface area contributed by atoms with Gasteiger partial charge in [-0.15, -0.1) is 23.1 Å². The first-order valence-corrected chi connectivity index (χ1v) is 12.6. The standard InChI is InChI=1S/C20H16ClF3N2O3S3/c1-12(19(27)25-17-9-4-13(21)11-16(17)20(22,23)24)31-15-7-5-14(6-8-15)26-32(28,29)18-3-2-10-30-18/h2-12,26H,1H3,(H,25,27). The minimum Gasteiger partial charge on any atom is -0.325 e. The summed E-state index contributed by atoms with van der Waals surface area (Å²) in [4.78, 5) is 13.1. The lowest BCUT2D eigenvalue weighted by molar-refractivity contribution is -0.137. The summed E-state index contributed by atoms with van der Waals surface area (Å²) in [6.45, 7) is 1.55. The number of carbonyl (C=O) groups excluding carboxylic acids is 1. The van der Waals surface area contributed by atoms with Gasteiger partial charge in [0.15, 0.2) is 0 Å². The molecule has 2 aromatic carbocycles. The maximum atomic E-state index is 13.2. The van der Waals surface area contributed by atoms with E-state index in [1.807, 2.05) is 0 Å². The Hall–Kier alpha value is -2.21. The third-order valence-electron chi connectivity index (χ3n) is 4.09. The van der Waals surface area contributed by atoms with Crippen LogP contribution >= 0.6 is 34.7 Å². The van der Waals surface area contributed by atoms with Crippen molar-refractivity contribution in [1.29, 1.82) is 0 Å². The third kappa shape index (κ3) is 6.18. The van der Waals surface area contributed by atoms with E-state index < -0.39 is 32.9 Å². The number of halogens is 4. The largest absolute Gasteiger partial charge is 0.418 e. The fourth-order valence-corrected chi connectivity index (χ4v) is 5.67. The van der Waals surface area contributed by atoms with Crippen LogP contribution < -0.4 is 10.0 Å². The predicted molar refractivity (Wildman–Crippen MR) is 122 cm³/mol. The first kappa shape index (κ1) is 24.4. The van der Waals surface area contributed by atoms with Crippen molar-refractivity contribution >= 4 is 62.0 Å². The van der Waals surface area contributed by atoms with E-state index in [2.05, 4.69) is 10.0 Å². The molecular formula is C20H16ClF3N2O3S3. The molecule has 12 heteroatoms. The number of amides is 1. The molecule has 0 spiro atoms. The van der Waals surface area contributed by atoms with E-state index in [-0.39, 0.29) is 14.9 Å². The van der Waals surface area contributed by atoms with Gasteiger partial charge in [-0.1, -0.05) is 17.7 Å². The van der Waals surface area contributed by atoms with Gasteiger partial charge in [0.05, 0.1) is 16.5 Å². The number of sulfonamides is 1. The van der Waals surface area contributed by atoms with Crippen LogP contribution in [0.2, 0.25) is 5.02 Å². The Morgan fingerprint density at radius 1 is 1.12 bits per heavy atom. The number of nitrogens with one attached hydrogen (secondary N) is 2. The molecule has 3 aromatic rings. The molecule has 0 fully saturated rings. The van der Waals surface area contributed by atoms with Crippen LogP contribution in [0.5, 0.6) is 0 Å². The Morgan fingerprint density at radius 2 is 1.81 bits per heavy atom. The van der Waals surface area contributed by atoms with Gasteiger partial charge < -0.3 is 5.32 Å². The van der Waals surface area contributed by atoms with Crippen LogP contribution in [-0.4, -0.2) is 19.6 Å². The molecule has 5 nitrogen and oxygen atoms in total. The summed E-state index contributed by atoms with van der Waals surface area (Å²) in [5, 5.41) is 3.14. The summed E-state index contributed by atoms with van der Waals surface area (Å²) >= 11 is 7.86. The maximum absolute atomic E-state index is 13.2. The number of thiophene rings is 1. The highest BCUT2D eigenvalue weighted by atomic mass is 35.5. The molecule has 32 heavy (non-hydrogen) atoms. The van der Waals surface area contributed by atoms with Crippen molar-refractivity contribution in [2.75, 3.05) is 10.0 Å². The van der Waals surface area contributed by atoms with E-state index in [0.29, 0.717) is 10.6 Å². The zero-order valence-corrected chi connectivity index (χ0v) is 19.5. The topological polar surface area (TPSA) is 75.3 Å². The molecule has 3 rings (SSSR count). The van der Waals surface area contributed by atoms with Crippen LogP contribution in [0.4, 0.5) is 24.5 Å². The molecule has 0 bridgehead atoms. The average molecular weight is 521 g/mol. The summed E-state index contributed by atoms with van der Waals surface area (Å²) in [6, 6.07) is 12.6. The SMILES string of the molecule is CC(Sc1ccc(NS(=O)(=O)c2cccs2)cc1)C(=O)Nc1ccc(Cl)cc1C(F)(F)F. The van der Waals surface area contributed by atoms with Crippen LogP contribution in [0, 0.1) is 0 Å². The van der Waals surface area contributed by atoms with E-state index in [1.165, 1.54) is 12.1 Å². The molecule has 1 amide bonds. The van der Waals surface area contributed by atoms with Crippen molar-refractivity contribution in [2.24, 2.45) is 0 Å². The lowest BCUT2D eigenvalue weighted by Crippen LogP contribution is -2.24. The number of thioether (sulfide) groups is 1. The number of alkyl halides is 3. The Morgan fingerprint density at radius 3 is 2.41 bits per heavy atom. The molecule has 0 aliphatic carbocycles. The van der Waals surface area contributed by atoms with Gasteiger partial charge in [0, 0.05) is 15.6 Å². The second kappa shape index (κ2) is 9.74. The Labute approximate surface area is 196 Å². The monoisotopic (exact) mass is 520 g/mol. The minimum atomic E-state index is -4.67. The number of anilines is 2. The smallest absolute Gasteiger partial charge is 0.325 e. The van der Waals surface area contributed by atoms with Crippen molar-refractivity contribution in [2.45, 2.75) is 27.5 Å². The molecular weight excluding hydrogens is 505 g/mol. The lowest BCUT2D eigenvalue weighted by atomic mass is 10.1. The van der Waals surface area contributed by atoms with Crippen molar-refractivity contribution < 1.29 is 26.4 Å². The highest BCUT2D eigenvalue weighted by Crippen LogP contribution is 2.37. The molecule has 0 saturated heterocycles. The highest BCUT2D eigenvalue weighted by Gasteiger charge is 2.34. The van der Waals surface area contributed by atoms with Crippen LogP contribution in [-0.2, 0) is 21.0 Å². The molecule has 1 heterocycles. The fourth-order valence-electron chi connectivity index (χ4n) is 2.58. The van der Waals surface area contributed by atoms with E-state index in [4.69, 9.17) is 11.6 Å². The van der Waals surface area contributed by atoms with Gasteiger partial charge in [0.1, 0.15) is 4.21 Å². The van der Waals surface area contributed by atoms with Crippen LogP contribution in [0.3, 0.4) is 0 Å². The van der Waals surface area contributed by atoms with Crippen molar-refractivity contribution in [3.05, 3.63) is 70.6 Å². The van der Waals surface area contributed by atoms with Gasteiger partial charge >= 0.3 is 6.18 Å². The zero-order chi connectivity index (χ0) is 23.5. The van der Waals surface area contributed by atoms with E-state index >= 15 is 0 Å². The average Bonchev–Trinajstić information content (AvgIpc) is 3.26. The van der Waals surface area contributed by atoms with E-state index in [9.17, 15) is 26.4 Å². The number of hydrogen-bond acceptors (Lipinski definition) is 5. The van der Waals surface area contributed by atoms with E-state index in [0.717, 1.165) is 35.2 Å². The molecule has 0 aliphatic rings. The number of carbonyl (C=O) groups is 1. The highest BCUT2D eigenvalue weighted by molar-refractivity contribution is 8.00. The molecule has 1 unspecified atom stereocenters. The maximum Gasteiger partial charge on any atom is 0.418 e. The van der Waals surface area contributed by atoms with Crippen LogP contribution in [0.15, 0.2) is 69.1 Å². The number of hydrogen-bond donors (Lipinski definition) is 2. The predicted octanol–water partition coefficient (Wildman–Crippen LogP) is 6.34. The summed E-state index contributed by atoms with van der Waals surface area (Å²) in [5.41, 5.74) is -1.06. The number of benzene rings is 2. The Kier molecular flexibility index (Phi) is 7.43. The molecule has 2 N–H and O–H groups in total. The lowest BCUT2D eigenvalue weighted by Gasteiger charge is -2.17. The Bertz CT molecular complexity index is 1200. The van der Waals surface area contributed by atoms with E-state index in [1.54, 1.807) is 42.6 Å². The molecule has 0 radical (unpaired) electrons.